The summed E-state index contributed by atoms with van der Waals surface area (Å²) in [6, 6.07) is 0. The molecule has 0 amide bonds. The summed E-state index contributed by atoms with van der Waals surface area (Å²) in [7, 11) is 0. The molecule has 0 aromatic heterocycles. The Kier molecular flexibility index (Phi) is 5.22. The van der Waals surface area contributed by atoms with Crippen LogP contribution in [-0.4, -0.2) is 12.3 Å². The van der Waals surface area contributed by atoms with Gasteiger partial charge in [0.05, 0.1) is 0 Å². The van der Waals surface area contributed by atoms with Gasteiger partial charge in [-0.25, -0.2) is 8.78 Å². The SMILES string of the molecule is CCCC1CCC2CC(C3CCC(F)C(F)C3)CCC2C1. The average Bonchev–Trinajstić information content (AvgIpc) is 2.50. The van der Waals surface area contributed by atoms with E-state index >= 15 is 0 Å². The molecule has 0 aromatic carbocycles. The minimum Gasteiger partial charge on any atom is -0.244 e. The second-order valence-corrected chi connectivity index (χ2v) is 8.17. The van der Waals surface area contributed by atoms with E-state index in [4.69, 9.17) is 0 Å². The molecule has 21 heavy (non-hydrogen) atoms. The molecule has 0 N–H and O–H groups in total. The molecule has 2 heteroatoms. The summed E-state index contributed by atoms with van der Waals surface area (Å²) >= 11 is 0. The Bertz CT molecular complexity index is 330. The first-order chi connectivity index (χ1) is 10.2. The quantitative estimate of drug-likeness (QED) is 0.591. The Morgan fingerprint density at radius 1 is 0.667 bits per heavy atom. The molecule has 3 aliphatic carbocycles. The van der Waals surface area contributed by atoms with Crippen molar-refractivity contribution < 1.29 is 8.78 Å². The summed E-state index contributed by atoms with van der Waals surface area (Å²) in [5.41, 5.74) is 0. The maximum absolute atomic E-state index is 13.7. The lowest BCUT2D eigenvalue weighted by molar-refractivity contribution is 0.0260. The van der Waals surface area contributed by atoms with Gasteiger partial charge in [0.1, 0.15) is 12.3 Å². The van der Waals surface area contributed by atoms with Crippen LogP contribution in [0.5, 0.6) is 0 Å². The first-order valence-corrected chi connectivity index (χ1v) is 9.45. The molecule has 0 aliphatic heterocycles. The van der Waals surface area contributed by atoms with Gasteiger partial charge in [0.15, 0.2) is 0 Å². The van der Waals surface area contributed by atoms with Crippen molar-refractivity contribution in [2.24, 2.45) is 29.6 Å². The number of fused-ring (bicyclic) bond motifs is 1. The van der Waals surface area contributed by atoms with E-state index in [-0.39, 0.29) is 0 Å². The van der Waals surface area contributed by atoms with Gasteiger partial charge in [-0.2, -0.15) is 0 Å². The second kappa shape index (κ2) is 6.96. The summed E-state index contributed by atoms with van der Waals surface area (Å²) in [6.07, 6.45) is 10.5. The van der Waals surface area contributed by atoms with Crippen LogP contribution in [0.3, 0.4) is 0 Å². The molecule has 3 aliphatic rings. The lowest BCUT2D eigenvalue weighted by Gasteiger charge is -2.45. The standard InChI is InChI=1S/C19H32F2/c1-2-3-13-4-5-15-11-16(7-6-14(15)10-13)17-8-9-18(20)19(21)12-17/h13-19H,2-12H2,1H3. The molecule has 122 valence electrons. The van der Waals surface area contributed by atoms with E-state index in [1.54, 1.807) is 0 Å². The van der Waals surface area contributed by atoms with Crippen LogP contribution in [0, 0.1) is 29.6 Å². The summed E-state index contributed by atoms with van der Waals surface area (Å²) in [6.45, 7) is 2.30. The van der Waals surface area contributed by atoms with Crippen molar-refractivity contribution in [3.8, 4) is 0 Å². The molecule has 0 aromatic rings. The van der Waals surface area contributed by atoms with E-state index < -0.39 is 12.3 Å². The van der Waals surface area contributed by atoms with Crippen molar-refractivity contribution >= 4 is 0 Å². The van der Waals surface area contributed by atoms with Crippen molar-refractivity contribution in [3.63, 3.8) is 0 Å². The molecule has 3 fully saturated rings. The van der Waals surface area contributed by atoms with Crippen LogP contribution in [0.25, 0.3) is 0 Å². The highest BCUT2D eigenvalue weighted by atomic mass is 19.2. The first kappa shape index (κ1) is 15.7. The van der Waals surface area contributed by atoms with Gasteiger partial charge in [-0.15, -0.1) is 0 Å². The van der Waals surface area contributed by atoms with Crippen molar-refractivity contribution in [2.75, 3.05) is 0 Å². The Morgan fingerprint density at radius 2 is 1.24 bits per heavy atom. The average molecular weight is 298 g/mol. The zero-order valence-electron chi connectivity index (χ0n) is 13.6. The fourth-order valence-corrected chi connectivity index (χ4v) is 5.66. The van der Waals surface area contributed by atoms with Crippen molar-refractivity contribution in [2.45, 2.75) is 89.9 Å². The molecular formula is C19H32F2. The molecule has 0 spiro atoms. The van der Waals surface area contributed by atoms with E-state index in [0.717, 1.165) is 24.2 Å². The summed E-state index contributed by atoms with van der Waals surface area (Å²) < 4.78 is 27.0. The first-order valence-electron chi connectivity index (χ1n) is 9.45. The summed E-state index contributed by atoms with van der Waals surface area (Å²) in [5.74, 6) is 3.99. The maximum Gasteiger partial charge on any atom is 0.131 e. The second-order valence-electron chi connectivity index (χ2n) is 8.17. The molecule has 0 radical (unpaired) electrons. The third-order valence-electron chi connectivity index (χ3n) is 6.86. The van der Waals surface area contributed by atoms with Gasteiger partial charge in [0.25, 0.3) is 0 Å². The van der Waals surface area contributed by atoms with Crippen LogP contribution in [0.2, 0.25) is 0 Å². The van der Waals surface area contributed by atoms with Gasteiger partial charge in [-0.05, 0) is 81.0 Å². The zero-order valence-corrected chi connectivity index (χ0v) is 13.6. The highest BCUT2D eigenvalue weighted by molar-refractivity contribution is 4.91. The van der Waals surface area contributed by atoms with Gasteiger partial charge in [0, 0.05) is 0 Å². The number of alkyl halides is 2. The van der Waals surface area contributed by atoms with Crippen molar-refractivity contribution in [1.82, 2.24) is 0 Å². The molecule has 0 nitrogen and oxygen atoms in total. The van der Waals surface area contributed by atoms with E-state index in [9.17, 15) is 8.78 Å². The Labute approximate surface area is 129 Å². The molecule has 3 saturated carbocycles. The Morgan fingerprint density at radius 3 is 1.90 bits per heavy atom. The van der Waals surface area contributed by atoms with E-state index in [0.29, 0.717) is 24.7 Å². The predicted octanol–water partition coefficient (Wildman–Crippen LogP) is 6.10. The number of hydrogen-bond donors (Lipinski definition) is 0. The Balaban J connectivity index is 1.52. The molecule has 0 heterocycles. The Hall–Kier alpha value is -0.140. The van der Waals surface area contributed by atoms with Gasteiger partial charge in [-0.3, -0.25) is 0 Å². The lowest BCUT2D eigenvalue weighted by Crippen LogP contribution is -2.37. The van der Waals surface area contributed by atoms with Crippen molar-refractivity contribution in [3.05, 3.63) is 0 Å². The predicted molar refractivity (Wildman–Crippen MR) is 83.7 cm³/mol. The molecule has 7 unspecified atom stereocenters. The van der Waals surface area contributed by atoms with Crippen molar-refractivity contribution in [1.29, 1.82) is 0 Å². The van der Waals surface area contributed by atoms with E-state index in [2.05, 4.69) is 6.92 Å². The highest BCUT2D eigenvalue weighted by Gasteiger charge is 2.40. The fraction of sp³-hybridized carbons (Fsp3) is 1.00. The minimum absolute atomic E-state index is 0.467. The third-order valence-corrected chi connectivity index (χ3v) is 6.86. The molecular weight excluding hydrogens is 266 g/mol. The fourth-order valence-electron chi connectivity index (χ4n) is 5.66. The van der Waals surface area contributed by atoms with Crippen LogP contribution < -0.4 is 0 Å². The maximum atomic E-state index is 13.7. The summed E-state index contributed by atoms with van der Waals surface area (Å²) in [4.78, 5) is 0. The van der Waals surface area contributed by atoms with E-state index in [1.165, 1.54) is 51.4 Å². The minimum atomic E-state index is -1.18. The summed E-state index contributed by atoms with van der Waals surface area (Å²) in [5, 5.41) is 0. The van der Waals surface area contributed by atoms with Crippen LogP contribution in [0.4, 0.5) is 8.78 Å². The number of rotatable bonds is 3. The normalized spacial score (nSPS) is 47.9. The monoisotopic (exact) mass is 298 g/mol. The van der Waals surface area contributed by atoms with Gasteiger partial charge in [-0.1, -0.05) is 26.2 Å². The van der Waals surface area contributed by atoms with Gasteiger partial charge in [0.2, 0.25) is 0 Å². The van der Waals surface area contributed by atoms with Crippen LogP contribution >= 0.6 is 0 Å². The smallest absolute Gasteiger partial charge is 0.131 e. The van der Waals surface area contributed by atoms with Gasteiger partial charge < -0.3 is 0 Å². The van der Waals surface area contributed by atoms with Gasteiger partial charge >= 0.3 is 0 Å². The molecule has 0 saturated heterocycles. The highest BCUT2D eigenvalue weighted by Crippen LogP contribution is 2.49. The largest absolute Gasteiger partial charge is 0.244 e. The van der Waals surface area contributed by atoms with Crippen LogP contribution in [0.15, 0.2) is 0 Å². The topological polar surface area (TPSA) is 0 Å². The lowest BCUT2D eigenvalue weighted by atomic mass is 9.61. The molecule has 0 bridgehead atoms. The third kappa shape index (κ3) is 3.62. The zero-order chi connectivity index (χ0) is 14.8. The molecule has 7 atom stereocenters. The van der Waals surface area contributed by atoms with Crippen LogP contribution in [-0.2, 0) is 0 Å². The van der Waals surface area contributed by atoms with E-state index in [1.807, 2.05) is 0 Å². The van der Waals surface area contributed by atoms with Crippen LogP contribution in [0.1, 0.15) is 77.6 Å². The molecule has 3 rings (SSSR count). The number of halogens is 2. The number of hydrogen-bond acceptors (Lipinski definition) is 0.